The van der Waals surface area contributed by atoms with E-state index in [1.54, 1.807) is 0 Å². The Kier molecular flexibility index (Phi) is 6.21. The van der Waals surface area contributed by atoms with Crippen LogP contribution in [0.15, 0.2) is 25.3 Å². The highest BCUT2D eigenvalue weighted by atomic mass is 32.1. The third-order valence-corrected chi connectivity index (χ3v) is 2.08. The minimum atomic E-state index is 0.117. The van der Waals surface area contributed by atoms with Crippen molar-refractivity contribution in [1.82, 2.24) is 5.32 Å². The van der Waals surface area contributed by atoms with Crippen molar-refractivity contribution >= 4 is 12.6 Å². The van der Waals surface area contributed by atoms with Crippen LogP contribution in [0.4, 0.5) is 0 Å². The molecule has 0 aliphatic carbocycles. The molecular weight excluding hydrogens is 166 g/mol. The van der Waals surface area contributed by atoms with Crippen molar-refractivity contribution in [3.63, 3.8) is 0 Å². The molecule has 0 rings (SSSR count). The summed E-state index contributed by atoms with van der Waals surface area (Å²) in [6, 6.07) is 0. The van der Waals surface area contributed by atoms with Crippen LogP contribution >= 0.6 is 12.6 Å². The molecule has 0 heterocycles. The number of hydrogen-bond acceptors (Lipinski definition) is 2. The fourth-order valence-electron chi connectivity index (χ4n) is 1.22. The standard InChI is InChI=1S/C10H19NS/c1-4-6-10(3,7-5-2)11-8-9-12/h4-5,11-12H,1-2,6-9H2,3H3. The predicted octanol–water partition coefficient (Wildman–Crippen LogP) is 2.42. The van der Waals surface area contributed by atoms with Crippen LogP contribution in [0.3, 0.4) is 0 Å². The number of nitrogens with one attached hydrogen (secondary N) is 1. The highest BCUT2D eigenvalue weighted by Gasteiger charge is 2.18. The van der Waals surface area contributed by atoms with Crippen molar-refractivity contribution in [2.45, 2.75) is 25.3 Å². The van der Waals surface area contributed by atoms with E-state index in [4.69, 9.17) is 0 Å². The van der Waals surface area contributed by atoms with Crippen molar-refractivity contribution in [3.8, 4) is 0 Å². The topological polar surface area (TPSA) is 12.0 Å². The normalized spacial score (nSPS) is 11.2. The quantitative estimate of drug-likeness (QED) is 0.458. The molecule has 0 amide bonds. The lowest BCUT2D eigenvalue weighted by Gasteiger charge is -2.28. The summed E-state index contributed by atoms with van der Waals surface area (Å²) in [5.41, 5.74) is 0.117. The van der Waals surface area contributed by atoms with Gasteiger partial charge in [0, 0.05) is 17.8 Å². The van der Waals surface area contributed by atoms with Crippen LogP contribution in [0.1, 0.15) is 19.8 Å². The maximum absolute atomic E-state index is 4.15. The number of thiol groups is 1. The van der Waals surface area contributed by atoms with E-state index >= 15 is 0 Å². The molecule has 0 atom stereocenters. The molecule has 12 heavy (non-hydrogen) atoms. The van der Waals surface area contributed by atoms with E-state index in [1.165, 1.54) is 0 Å². The average Bonchev–Trinajstić information content (AvgIpc) is 2.02. The second-order valence-electron chi connectivity index (χ2n) is 3.20. The molecule has 0 unspecified atom stereocenters. The summed E-state index contributed by atoms with van der Waals surface area (Å²) in [5, 5.41) is 3.43. The third kappa shape index (κ3) is 4.62. The molecule has 0 aromatic carbocycles. The number of hydrogen-bond donors (Lipinski definition) is 2. The molecule has 0 radical (unpaired) electrons. The van der Waals surface area contributed by atoms with E-state index in [1.807, 2.05) is 12.2 Å². The first-order valence-corrected chi connectivity index (χ1v) is 4.89. The summed E-state index contributed by atoms with van der Waals surface area (Å²) in [5.74, 6) is 0.865. The molecule has 0 aliphatic heterocycles. The van der Waals surface area contributed by atoms with Gasteiger partial charge in [-0.15, -0.1) is 13.2 Å². The van der Waals surface area contributed by atoms with Crippen LogP contribution in [0, 0.1) is 0 Å². The Labute approximate surface area is 81.3 Å². The van der Waals surface area contributed by atoms with Crippen LogP contribution in [0.5, 0.6) is 0 Å². The highest BCUT2D eigenvalue weighted by molar-refractivity contribution is 7.80. The smallest absolute Gasteiger partial charge is 0.0222 e. The van der Waals surface area contributed by atoms with Gasteiger partial charge in [0.05, 0.1) is 0 Å². The van der Waals surface area contributed by atoms with E-state index < -0.39 is 0 Å². The zero-order valence-corrected chi connectivity index (χ0v) is 8.74. The maximum Gasteiger partial charge on any atom is 0.0222 e. The first-order valence-electron chi connectivity index (χ1n) is 4.26. The van der Waals surface area contributed by atoms with Crippen LogP contribution in [0.25, 0.3) is 0 Å². The van der Waals surface area contributed by atoms with Gasteiger partial charge in [-0.25, -0.2) is 0 Å². The van der Waals surface area contributed by atoms with Crippen LogP contribution in [0.2, 0.25) is 0 Å². The van der Waals surface area contributed by atoms with E-state index in [9.17, 15) is 0 Å². The lowest BCUT2D eigenvalue weighted by molar-refractivity contribution is 0.372. The van der Waals surface area contributed by atoms with E-state index in [0.717, 1.165) is 25.1 Å². The minimum absolute atomic E-state index is 0.117. The van der Waals surface area contributed by atoms with E-state index in [0.29, 0.717) is 0 Å². The van der Waals surface area contributed by atoms with E-state index in [2.05, 4.69) is 38.0 Å². The third-order valence-electron chi connectivity index (χ3n) is 1.85. The van der Waals surface area contributed by atoms with Crippen molar-refractivity contribution in [3.05, 3.63) is 25.3 Å². The number of rotatable bonds is 7. The van der Waals surface area contributed by atoms with Crippen molar-refractivity contribution in [2.75, 3.05) is 12.3 Å². The molecule has 0 bridgehead atoms. The van der Waals surface area contributed by atoms with Gasteiger partial charge in [-0.2, -0.15) is 12.6 Å². The SMILES string of the molecule is C=CCC(C)(CC=C)NCCS. The van der Waals surface area contributed by atoms with Gasteiger partial charge in [-0.05, 0) is 19.8 Å². The van der Waals surface area contributed by atoms with Gasteiger partial charge in [-0.1, -0.05) is 12.2 Å². The summed E-state index contributed by atoms with van der Waals surface area (Å²) < 4.78 is 0. The van der Waals surface area contributed by atoms with Crippen LogP contribution in [-0.2, 0) is 0 Å². The zero-order chi connectivity index (χ0) is 9.45. The molecule has 2 heteroatoms. The zero-order valence-electron chi connectivity index (χ0n) is 7.84. The molecule has 0 saturated carbocycles. The van der Waals surface area contributed by atoms with Crippen LogP contribution < -0.4 is 5.32 Å². The first-order chi connectivity index (χ1) is 5.68. The Balaban J connectivity index is 3.96. The van der Waals surface area contributed by atoms with Gasteiger partial charge in [0.2, 0.25) is 0 Å². The summed E-state index contributed by atoms with van der Waals surface area (Å²) in [6.45, 7) is 10.6. The molecular formula is C10H19NS. The predicted molar refractivity (Wildman–Crippen MR) is 59.9 cm³/mol. The van der Waals surface area contributed by atoms with Gasteiger partial charge in [0.25, 0.3) is 0 Å². The summed E-state index contributed by atoms with van der Waals surface area (Å²) in [4.78, 5) is 0. The molecule has 1 nitrogen and oxygen atoms in total. The molecule has 1 N–H and O–H groups in total. The average molecular weight is 185 g/mol. The lowest BCUT2D eigenvalue weighted by atomic mass is 9.94. The van der Waals surface area contributed by atoms with Crippen molar-refractivity contribution < 1.29 is 0 Å². The second kappa shape index (κ2) is 6.32. The molecule has 0 aliphatic rings. The molecule has 0 fully saturated rings. The van der Waals surface area contributed by atoms with Gasteiger partial charge < -0.3 is 5.32 Å². The maximum atomic E-state index is 4.15. The Hall–Kier alpha value is -0.210. The molecule has 0 aromatic heterocycles. The van der Waals surface area contributed by atoms with Gasteiger partial charge in [0.1, 0.15) is 0 Å². The minimum Gasteiger partial charge on any atom is -0.310 e. The monoisotopic (exact) mass is 185 g/mol. The lowest BCUT2D eigenvalue weighted by Crippen LogP contribution is -2.42. The Morgan fingerprint density at radius 3 is 2.17 bits per heavy atom. The summed E-state index contributed by atoms with van der Waals surface area (Å²) in [6.07, 6.45) is 5.81. The fraction of sp³-hybridized carbons (Fsp3) is 0.600. The molecule has 0 aromatic rings. The molecule has 0 spiro atoms. The fourth-order valence-corrected chi connectivity index (χ4v) is 1.33. The highest BCUT2D eigenvalue weighted by Crippen LogP contribution is 2.15. The summed E-state index contributed by atoms with van der Waals surface area (Å²) in [7, 11) is 0. The Morgan fingerprint density at radius 1 is 1.33 bits per heavy atom. The largest absolute Gasteiger partial charge is 0.310 e. The Morgan fingerprint density at radius 2 is 1.83 bits per heavy atom. The van der Waals surface area contributed by atoms with Crippen molar-refractivity contribution in [2.24, 2.45) is 0 Å². The van der Waals surface area contributed by atoms with E-state index in [-0.39, 0.29) is 5.54 Å². The van der Waals surface area contributed by atoms with Gasteiger partial charge in [-0.3, -0.25) is 0 Å². The van der Waals surface area contributed by atoms with Crippen molar-refractivity contribution in [1.29, 1.82) is 0 Å². The second-order valence-corrected chi connectivity index (χ2v) is 3.64. The van der Waals surface area contributed by atoms with Gasteiger partial charge >= 0.3 is 0 Å². The first kappa shape index (κ1) is 11.8. The van der Waals surface area contributed by atoms with Crippen LogP contribution in [-0.4, -0.2) is 17.8 Å². The Bertz CT molecular complexity index is 133. The summed E-state index contributed by atoms with van der Waals surface area (Å²) >= 11 is 4.15. The molecule has 0 saturated heterocycles. The molecule has 70 valence electrons. The van der Waals surface area contributed by atoms with Gasteiger partial charge in [0.15, 0.2) is 0 Å².